The number of carbonyl (C=O) groups excluding carboxylic acids is 1. The Bertz CT molecular complexity index is 460. The number of hydrogen-bond donors (Lipinski definition) is 0. The van der Waals surface area contributed by atoms with Gasteiger partial charge in [-0.25, -0.2) is 0 Å². The number of hydrogen-bond acceptors (Lipinski definition) is 1. The molecule has 1 aromatic rings. The molecule has 0 spiro atoms. The first-order valence-electron chi connectivity index (χ1n) is 4.94. The topological polar surface area (TPSA) is 17.1 Å². The second kappa shape index (κ2) is 4.56. The lowest BCUT2D eigenvalue weighted by molar-refractivity contribution is 0.103. The molecule has 0 saturated heterocycles. The van der Waals surface area contributed by atoms with Crippen molar-refractivity contribution in [3.05, 3.63) is 59.7 Å². The minimum atomic E-state index is -0.623. The largest absolute Gasteiger partial charge is 0.289 e. The molecular weight excluding hydrogens is 287 g/mol. The summed E-state index contributed by atoms with van der Waals surface area (Å²) in [5, 5.41) is 0. The maximum atomic E-state index is 12.1. The molecule has 1 aliphatic rings. The summed E-state index contributed by atoms with van der Waals surface area (Å²) < 4.78 is -0.623. The SMILES string of the molecule is O=C(C1=CC=CC(Cl)(Br)C1)c1ccccc1. The Labute approximate surface area is 108 Å². The van der Waals surface area contributed by atoms with Crippen LogP contribution in [-0.4, -0.2) is 9.57 Å². The average Bonchev–Trinajstić information content (AvgIpc) is 2.28. The summed E-state index contributed by atoms with van der Waals surface area (Å²) >= 11 is 9.49. The van der Waals surface area contributed by atoms with Crippen LogP contribution in [0.5, 0.6) is 0 Å². The van der Waals surface area contributed by atoms with E-state index in [4.69, 9.17) is 11.6 Å². The van der Waals surface area contributed by atoms with Crippen LogP contribution in [0.4, 0.5) is 0 Å². The first-order valence-corrected chi connectivity index (χ1v) is 6.11. The fraction of sp³-hybridized carbons (Fsp3) is 0.154. The van der Waals surface area contributed by atoms with E-state index in [0.717, 1.165) is 5.57 Å². The number of Topliss-reactive ketones (excluding diaryl/α,β-unsaturated/α-hetero) is 1. The third-order valence-electron chi connectivity index (χ3n) is 2.39. The van der Waals surface area contributed by atoms with Gasteiger partial charge in [-0.15, -0.1) is 11.6 Å². The Hall–Kier alpha value is -0.860. The molecule has 2 rings (SSSR count). The van der Waals surface area contributed by atoms with E-state index in [9.17, 15) is 4.79 Å². The maximum Gasteiger partial charge on any atom is 0.189 e. The van der Waals surface area contributed by atoms with Gasteiger partial charge in [0.05, 0.1) is 0 Å². The van der Waals surface area contributed by atoms with Crippen LogP contribution in [0.25, 0.3) is 0 Å². The molecule has 0 fully saturated rings. The number of halogens is 2. The fourth-order valence-corrected chi connectivity index (χ4v) is 2.28. The minimum absolute atomic E-state index is 0.0365. The summed E-state index contributed by atoms with van der Waals surface area (Å²) in [4.78, 5) is 12.1. The third-order valence-corrected chi connectivity index (χ3v) is 3.20. The normalized spacial score (nSPS) is 24.0. The van der Waals surface area contributed by atoms with Crippen LogP contribution in [-0.2, 0) is 0 Å². The van der Waals surface area contributed by atoms with Crippen LogP contribution in [0.3, 0.4) is 0 Å². The molecule has 82 valence electrons. The molecule has 1 unspecified atom stereocenters. The Morgan fingerprint density at radius 3 is 2.62 bits per heavy atom. The van der Waals surface area contributed by atoms with Crippen molar-refractivity contribution in [1.29, 1.82) is 0 Å². The van der Waals surface area contributed by atoms with Crippen LogP contribution >= 0.6 is 27.5 Å². The van der Waals surface area contributed by atoms with Crippen molar-refractivity contribution >= 4 is 33.3 Å². The molecule has 0 bridgehead atoms. The summed E-state index contributed by atoms with van der Waals surface area (Å²) in [6.45, 7) is 0. The predicted octanol–water partition coefficient (Wildman–Crippen LogP) is 4.09. The van der Waals surface area contributed by atoms with Gasteiger partial charge in [-0.3, -0.25) is 4.79 Å². The second-order valence-corrected chi connectivity index (χ2v) is 6.23. The molecule has 16 heavy (non-hydrogen) atoms. The molecule has 1 aromatic carbocycles. The van der Waals surface area contributed by atoms with Crippen LogP contribution < -0.4 is 0 Å². The highest BCUT2D eigenvalue weighted by Gasteiger charge is 2.27. The summed E-state index contributed by atoms with van der Waals surface area (Å²) in [6.07, 6.45) is 5.95. The zero-order valence-corrected chi connectivity index (χ0v) is 10.8. The van der Waals surface area contributed by atoms with Crippen LogP contribution in [0.15, 0.2) is 54.1 Å². The highest BCUT2D eigenvalue weighted by Crippen LogP contribution is 2.36. The number of benzene rings is 1. The number of alkyl halides is 2. The number of ketones is 1. The lowest BCUT2D eigenvalue weighted by Crippen LogP contribution is -2.16. The quantitative estimate of drug-likeness (QED) is 0.594. The van der Waals surface area contributed by atoms with Crippen molar-refractivity contribution in [2.45, 2.75) is 10.2 Å². The van der Waals surface area contributed by atoms with Crippen molar-refractivity contribution in [3.8, 4) is 0 Å². The first kappa shape index (κ1) is 11.6. The smallest absolute Gasteiger partial charge is 0.189 e. The van der Waals surface area contributed by atoms with Gasteiger partial charge in [-0.05, 0) is 0 Å². The summed E-state index contributed by atoms with van der Waals surface area (Å²) in [6, 6.07) is 9.22. The van der Waals surface area contributed by atoms with E-state index >= 15 is 0 Å². The van der Waals surface area contributed by atoms with Gasteiger partial charge >= 0.3 is 0 Å². The molecule has 0 aromatic heterocycles. The monoisotopic (exact) mass is 296 g/mol. The molecule has 0 N–H and O–H groups in total. The second-order valence-electron chi connectivity index (χ2n) is 3.68. The van der Waals surface area contributed by atoms with Gasteiger partial charge < -0.3 is 0 Å². The molecule has 0 heterocycles. The molecule has 0 radical (unpaired) electrons. The maximum absolute atomic E-state index is 12.1. The molecule has 0 amide bonds. The Kier molecular flexibility index (Phi) is 3.31. The molecule has 0 saturated carbocycles. The number of rotatable bonds is 2. The molecule has 1 atom stereocenters. The highest BCUT2D eigenvalue weighted by molar-refractivity contribution is 9.10. The zero-order chi connectivity index (χ0) is 11.6. The van der Waals surface area contributed by atoms with Gasteiger partial charge in [0.25, 0.3) is 0 Å². The lowest BCUT2D eigenvalue weighted by Gasteiger charge is -2.20. The van der Waals surface area contributed by atoms with E-state index in [0.29, 0.717) is 12.0 Å². The van der Waals surface area contributed by atoms with Crippen molar-refractivity contribution < 1.29 is 4.79 Å². The van der Waals surface area contributed by atoms with Crippen LogP contribution in [0.2, 0.25) is 0 Å². The predicted molar refractivity (Wildman–Crippen MR) is 70.1 cm³/mol. The van der Waals surface area contributed by atoms with Gasteiger partial charge in [0.1, 0.15) is 3.78 Å². The standard InChI is InChI=1S/C13H10BrClO/c14-13(15)8-4-7-11(9-13)12(16)10-5-2-1-3-6-10/h1-8H,9H2. The number of carbonyl (C=O) groups is 1. The van der Waals surface area contributed by atoms with Gasteiger partial charge in [-0.1, -0.05) is 64.5 Å². The zero-order valence-electron chi connectivity index (χ0n) is 8.49. The Morgan fingerprint density at radius 2 is 2.00 bits per heavy atom. The summed E-state index contributed by atoms with van der Waals surface area (Å²) in [5.74, 6) is 0.0365. The van der Waals surface area contributed by atoms with Gasteiger partial charge in [0, 0.05) is 17.6 Å². The van der Waals surface area contributed by atoms with Gasteiger partial charge in [0.2, 0.25) is 0 Å². The van der Waals surface area contributed by atoms with Crippen LogP contribution in [0, 0.1) is 0 Å². The van der Waals surface area contributed by atoms with E-state index in [1.807, 2.05) is 42.5 Å². The van der Waals surface area contributed by atoms with Crippen molar-refractivity contribution in [1.82, 2.24) is 0 Å². The molecule has 3 heteroatoms. The molecule has 1 aliphatic carbocycles. The van der Waals surface area contributed by atoms with Gasteiger partial charge in [0.15, 0.2) is 5.78 Å². The summed E-state index contributed by atoms with van der Waals surface area (Å²) in [5.41, 5.74) is 1.42. The summed E-state index contributed by atoms with van der Waals surface area (Å²) in [7, 11) is 0. The van der Waals surface area contributed by atoms with E-state index in [1.54, 1.807) is 6.08 Å². The van der Waals surface area contributed by atoms with Crippen molar-refractivity contribution in [2.24, 2.45) is 0 Å². The lowest BCUT2D eigenvalue weighted by atomic mass is 9.96. The third kappa shape index (κ3) is 2.63. The Morgan fingerprint density at radius 1 is 1.31 bits per heavy atom. The fourth-order valence-electron chi connectivity index (χ4n) is 1.61. The van der Waals surface area contributed by atoms with Crippen molar-refractivity contribution in [2.75, 3.05) is 0 Å². The molecular formula is C13H10BrClO. The first-order chi connectivity index (χ1) is 7.58. The number of allylic oxidation sites excluding steroid dienone is 4. The van der Waals surface area contributed by atoms with Gasteiger partial charge in [-0.2, -0.15) is 0 Å². The van der Waals surface area contributed by atoms with E-state index < -0.39 is 3.78 Å². The molecule has 0 aliphatic heterocycles. The highest BCUT2D eigenvalue weighted by atomic mass is 79.9. The molecule has 1 nitrogen and oxygen atoms in total. The van der Waals surface area contributed by atoms with E-state index in [1.165, 1.54) is 0 Å². The van der Waals surface area contributed by atoms with E-state index in [-0.39, 0.29) is 5.78 Å². The average molecular weight is 298 g/mol. The van der Waals surface area contributed by atoms with Crippen LogP contribution in [0.1, 0.15) is 16.8 Å². The van der Waals surface area contributed by atoms with E-state index in [2.05, 4.69) is 15.9 Å². The van der Waals surface area contributed by atoms with Crippen molar-refractivity contribution in [3.63, 3.8) is 0 Å². The Balaban J connectivity index is 2.25. The minimum Gasteiger partial charge on any atom is -0.289 e.